The highest BCUT2D eigenvalue weighted by molar-refractivity contribution is 6.29. The fourth-order valence-corrected chi connectivity index (χ4v) is 1.76. The van der Waals surface area contributed by atoms with E-state index < -0.39 is 0 Å². The summed E-state index contributed by atoms with van der Waals surface area (Å²) in [6.07, 6.45) is 1.53. The Labute approximate surface area is 113 Å². The molecule has 0 fully saturated rings. The molecule has 1 aromatic rings. The lowest BCUT2D eigenvalue weighted by atomic mass is 10.1. The minimum absolute atomic E-state index is 0.0643. The van der Waals surface area contributed by atoms with Gasteiger partial charge in [0.2, 0.25) is 0 Å². The number of amides is 1. The van der Waals surface area contributed by atoms with Crippen molar-refractivity contribution in [3.05, 3.63) is 28.5 Å². The van der Waals surface area contributed by atoms with Gasteiger partial charge >= 0.3 is 0 Å². The van der Waals surface area contributed by atoms with Crippen LogP contribution in [0.15, 0.2) is 12.1 Å². The van der Waals surface area contributed by atoms with Crippen molar-refractivity contribution in [2.75, 3.05) is 13.7 Å². The maximum absolute atomic E-state index is 12.0. The Hall–Kier alpha value is -1.13. The molecule has 1 N–H and O–H groups in total. The van der Waals surface area contributed by atoms with Crippen LogP contribution in [0.2, 0.25) is 5.15 Å². The second kappa shape index (κ2) is 7.34. The van der Waals surface area contributed by atoms with Crippen molar-refractivity contribution in [2.45, 2.75) is 32.7 Å². The van der Waals surface area contributed by atoms with E-state index in [0.717, 1.165) is 18.5 Å². The molecule has 0 aliphatic rings. The summed E-state index contributed by atoms with van der Waals surface area (Å²) in [6, 6.07) is 3.41. The number of hydrogen-bond acceptors (Lipinski definition) is 3. The number of methoxy groups -OCH3 is 1. The third-order valence-corrected chi connectivity index (χ3v) is 2.80. The quantitative estimate of drug-likeness (QED) is 0.808. The van der Waals surface area contributed by atoms with Crippen LogP contribution in [-0.4, -0.2) is 30.6 Å². The highest BCUT2D eigenvalue weighted by Crippen LogP contribution is 2.11. The molecule has 1 rings (SSSR count). The van der Waals surface area contributed by atoms with Gasteiger partial charge in [-0.25, -0.2) is 4.98 Å². The Balaban J connectivity index is 2.68. The lowest BCUT2D eigenvalue weighted by Crippen LogP contribution is -2.33. The second-order valence-corrected chi connectivity index (χ2v) is 4.57. The number of nitrogens with zero attached hydrogens (tertiary/aromatic N) is 1. The Morgan fingerprint density at radius 3 is 2.89 bits per heavy atom. The molecule has 1 heterocycles. The standard InChI is InChI=1S/C13H19ClN2O2/c1-4-11-7-10(8-12(14)16-11)13(17)15-9(2)5-6-18-3/h7-9H,4-6H2,1-3H3,(H,15,17). The normalized spacial score (nSPS) is 12.2. The van der Waals surface area contributed by atoms with Crippen LogP contribution in [0.3, 0.4) is 0 Å². The molecule has 0 aliphatic carbocycles. The lowest BCUT2D eigenvalue weighted by molar-refractivity contribution is 0.0929. The maximum Gasteiger partial charge on any atom is 0.251 e. The molecule has 5 heteroatoms. The van der Waals surface area contributed by atoms with E-state index in [-0.39, 0.29) is 11.9 Å². The topological polar surface area (TPSA) is 51.2 Å². The highest BCUT2D eigenvalue weighted by Gasteiger charge is 2.11. The molecule has 0 saturated heterocycles. The SMILES string of the molecule is CCc1cc(C(=O)NC(C)CCOC)cc(Cl)n1. The first-order valence-electron chi connectivity index (χ1n) is 6.03. The van der Waals surface area contributed by atoms with Gasteiger partial charge in [-0.2, -0.15) is 0 Å². The van der Waals surface area contributed by atoms with Crippen molar-refractivity contribution in [1.82, 2.24) is 10.3 Å². The van der Waals surface area contributed by atoms with Crippen molar-refractivity contribution in [2.24, 2.45) is 0 Å². The molecule has 1 atom stereocenters. The fourth-order valence-electron chi connectivity index (χ4n) is 1.54. The first-order chi connectivity index (χ1) is 8.56. The average molecular weight is 271 g/mol. The van der Waals surface area contributed by atoms with E-state index in [0.29, 0.717) is 17.3 Å². The van der Waals surface area contributed by atoms with E-state index >= 15 is 0 Å². The van der Waals surface area contributed by atoms with Crippen molar-refractivity contribution in [3.63, 3.8) is 0 Å². The number of carbonyl (C=O) groups is 1. The van der Waals surface area contributed by atoms with Crippen LogP contribution in [0.25, 0.3) is 0 Å². The summed E-state index contributed by atoms with van der Waals surface area (Å²) in [5.41, 5.74) is 1.37. The van der Waals surface area contributed by atoms with E-state index in [2.05, 4.69) is 10.3 Å². The van der Waals surface area contributed by atoms with Gasteiger partial charge in [0.05, 0.1) is 0 Å². The molecule has 1 aromatic heterocycles. The maximum atomic E-state index is 12.0. The molecule has 1 unspecified atom stereocenters. The van der Waals surface area contributed by atoms with E-state index in [4.69, 9.17) is 16.3 Å². The highest BCUT2D eigenvalue weighted by atomic mass is 35.5. The second-order valence-electron chi connectivity index (χ2n) is 4.18. The van der Waals surface area contributed by atoms with E-state index in [1.807, 2.05) is 13.8 Å². The number of rotatable bonds is 6. The summed E-state index contributed by atoms with van der Waals surface area (Å²) < 4.78 is 4.97. The summed E-state index contributed by atoms with van der Waals surface area (Å²) in [5, 5.41) is 3.26. The van der Waals surface area contributed by atoms with Crippen LogP contribution in [0.1, 0.15) is 36.3 Å². The predicted molar refractivity (Wildman–Crippen MR) is 72.0 cm³/mol. The largest absolute Gasteiger partial charge is 0.385 e. The molecule has 0 saturated carbocycles. The van der Waals surface area contributed by atoms with Crippen LogP contribution in [-0.2, 0) is 11.2 Å². The average Bonchev–Trinajstić information content (AvgIpc) is 2.35. The molecule has 100 valence electrons. The van der Waals surface area contributed by atoms with Crippen molar-refractivity contribution < 1.29 is 9.53 Å². The van der Waals surface area contributed by atoms with Gasteiger partial charge in [0, 0.05) is 31.0 Å². The van der Waals surface area contributed by atoms with Crippen LogP contribution in [0.5, 0.6) is 0 Å². The molecule has 1 amide bonds. The van der Waals surface area contributed by atoms with Gasteiger partial charge in [-0.1, -0.05) is 18.5 Å². The number of carbonyl (C=O) groups excluding carboxylic acids is 1. The molecular formula is C13H19ClN2O2. The number of halogens is 1. The summed E-state index contributed by atoms with van der Waals surface area (Å²) in [4.78, 5) is 16.1. The molecule has 0 radical (unpaired) electrons. The molecule has 0 aromatic carbocycles. The van der Waals surface area contributed by atoms with Gasteiger partial charge in [-0.05, 0) is 31.9 Å². The number of aryl methyl sites for hydroxylation is 1. The van der Waals surface area contributed by atoms with Crippen molar-refractivity contribution in [3.8, 4) is 0 Å². The zero-order valence-electron chi connectivity index (χ0n) is 11.0. The summed E-state index contributed by atoms with van der Waals surface area (Å²) >= 11 is 5.88. The van der Waals surface area contributed by atoms with E-state index in [1.165, 1.54) is 0 Å². The van der Waals surface area contributed by atoms with Crippen LogP contribution in [0, 0.1) is 0 Å². The van der Waals surface area contributed by atoms with Gasteiger partial charge < -0.3 is 10.1 Å². The first-order valence-corrected chi connectivity index (χ1v) is 6.40. The Kier molecular flexibility index (Phi) is 6.09. The molecule has 0 aliphatic heterocycles. The van der Waals surface area contributed by atoms with Crippen molar-refractivity contribution in [1.29, 1.82) is 0 Å². The Morgan fingerprint density at radius 2 is 2.28 bits per heavy atom. The summed E-state index contributed by atoms with van der Waals surface area (Å²) in [7, 11) is 1.64. The van der Waals surface area contributed by atoms with Gasteiger partial charge in [-0.3, -0.25) is 4.79 Å². The number of aromatic nitrogens is 1. The van der Waals surface area contributed by atoms with Gasteiger partial charge in [0.25, 0.3) is 5.91 Å². The zero-order chi connectivity index (χ0) is 13.5. The minimum Gasteiger partial charge on any atom is -0.385 e. The Bertz CT molecular complexity index is 410. The third-order valence-electron chi connectivity index (χ3n) is 2.60. The summed E-state index contributed by atoms with van der Waals surface area (Å²) in [6.45, 7) is 4.54. The van der Waals surface area contributed by atoms with E-state index in [9.17, 15) is 4.79 Å². The lowest BCUT2D eigenvalue weighted by Gasteiger charge is -2.13. The number of ether oxygens (including phenoxy) is 1. The van der Waals surface area contributed by atoms with Crippen LogP contribution >= 0.6 is 11.6 Å². The smallest absolute Gasteiger partial charge is 0.251 e. The number of pyridine rings is 1. The molecule has 0 bridgehead atoms. The van der Waals surface area contributed by atoms with Gasteiger partial charge in [-0.15, -0.1) is 0 Å². The zero-order valence-corrected chi connectivity index (χ0v) is 11.8. The summed E-state index contributed by atoms with van der Waals surface area (Å²) in [5.74, 6) is -0.127. The molecule has 0 spiro atoms. The number of hydrogen-bond donors (Lipinski definition) is 1. The van der Waals surface area contributed by atoms with Gasteiger partial charge in [0.1, 0.15) is 5.15 Å². The molecule has 18 heavy (non-hydrogen) atoms. The van der Waals surface area contributed by atoms with Crippen molar-refractivity contribution >= 4 is 17.5 Å². The van der Waals surface area contributed by atoms with Crippen LogP contribution in [0.4, 0.5) is 0 Å². The Morgan fingerprint density at radius 1 is 1.56 bits per heavy atom. The number of nitrogens with one attached hydrogen (secondary N) is 1. The van der Waals surface area contributed by atoms with E-state index in [1.54, 1.807) is 19.2 Å². The monoisotopic (exact) mass is 270 g/mol. The van der Waals surface area contributed by atoms with Crippen LogP contribution < -0.4 is 5.32 Å². The molecular weight excluding hydrogens is 252 g/mol. The first kappa shape index (κ1) is 14.9. The predicted octanol–water partition coefficient (Wildman–Crippen LogP) is 2.45. The third kappa shape index (κ3) is 4.63. The minimum atomic E-state index is -0.127. The van der Waals surface area contributed by atoms with Gasteiger partial charge in [0.15, 0.2) is 0 Å². The molecule has 4 nitrogen and oxygen atoms in total. The fraction of sp³-hybridized carbons (Fsp3) is 0.538.